The summed E-state index contributed by atoms with van der Waals surface area (Å²) in [5.74, 6) is 0. The Hall–Kier alpha value is -3.06. The second-order valence-corrected chi connectivity index (χ2v) is 6.54. The Kier molecular flexibility index (Phi) is 4.00. The number of hydrogen-bond acceptors (Lipinski definition) is 5. The fourth-order valence-electron chi connectivity index (χ4n) is 3.09. The summed E-state index contributed by atoms with van der Waals surface area (Å²) in [6.45, 7) is 4.54. The molecule has 0 fully saturated rings. The number of aryl methyl sites for hydroxylation is 2. The Morgan fingerprint density at radius 3 is 2.77 bits per heavy atom. The van der Waals surface area contributed by atoms with Gasteiger partial charge in [0.1, 0.15) is 0 Å². The highest BCUT2D eigenvalue weighted by atomic mass is 16.3. The van der Waals surface area contributed by atoms with E-state index in [1.165, 1.54) is 15.8 Å². The normalized spacial score (nSPS) is 12.7. The van der Waals surface area contributed by atoms with Gasteiger partial charge in [-0.15, -0.1) is 0 Å². The first-order chi connectivity index (χ1) is 12.5. The third kappa shape index (κ3) is 2.86. The van der Waals surface area contributed by atoms with Crippen LogP contribution in [0.4, 0.5) is 0 Å². The van der Waals surface area contributed by atoms with Crippen molar-refractivity contribution >= 4 is 21.9 Å². The quantitative estimate of drug-likeness (QED) is 0.607. The van der Waals surface area contributed by atoms with Gasteiger partial charge in [-0.2, -0.15) is 5.10 Å². The Labute approximate surface area is 149 Å². The molecule has 0 aliphatic carbocycles. The minimum absolute atomic E-state index is 0.105. The first-order valence-electron chi connectivity index (χ1n) is 8.44. The average Bonchev–Trinajstić information content (AvgIpc) is 3.00. The Balaban J connectivity index is 1.60. The molecule has 3 heterocycles. The number of aliphatic hydroxyl groups is 1. The molecule has 1 aromatic carbocycles. The van der Waals surface area contributed by atoms with Gasteiger partial charge >= 0.3 is 0 Å². The Morgan fingerprint density at radius 2 is 1.92 bits per heavy atom. The highest BCUT2D eigenvalue weighted by molar-refractivity contribution is 5.77. The first-order valence-corrected chi connectivity index (χ1v) is 8.44. The zero-order valence-corrected chi connectivity index (χ0v) is 14.6. The number of aromatic nitrogens is 5. The van der Waals surface area contributed by atoms with Crippen molar-refractivity contribution in [1.29, 1.82) is 0 Å². The maximum atomic E-state index is 12.5. The molecule has 0 aliphatic heterocycles. The number of imidazole rings is 1. The van der Waals surface area contributed by atoms with Crippen LogP contribution >= 0.6 is 0 Å². The van der Waals surface area contributed by atoms with Crippen molar-refractivity contribution < 1.29 is 5.11 Å². The van der Waals surface area contributed by atoms with E-state index in [1.807, 2.05) is 10.6 Å². The summed E-state index contributed by atoms with van der Waals surface area (Å²) >= 11 is 0. The molecule has 26 heavy (non-hydrogen) atoms. The van der Waals surface area contributed by atoms with E-state index in [0.717, 1.165) is 11.0 Å². The van der Waals surface area contributed by atoms with Crippen LogP contribution in [0.25, 0.3) is 21.9 Å². The van der Waals surface area contributed by atoms with Gasteiger partial charge in [0.15, 0.2) is 0 Å². The lowest BCUT2D eigenvalue weighted by Gasteiger charge is -2.14. The molecule has 4 rings (SSSR count). The van der Waals surface area contributed by atoms with Gasteiger partial charge in [-0.25, -0.2) is 9.67 Å². The fourth-order valence-corrected chi connectivity index (χ4v) is 3.09. The zero-order chi connectivity index (χ0) is 18.3. The minimum atomic E-state index is -0.770. The lowest BCUT2D eigenvalue weighted by Crippen LogP contribution is -2.31. The van der Waals surface area contributed by atoms with Crippen molar-refractivity contribution in [3.63, 3.8) is 0 Å². The fraction of sp³-hybridized carbons (Fsp3) is 0.263. The van der Waals surface area contributed by atoms with Crippen molar-refractivity contribution in [1.82, 2.24) is 24.3 Å². The maximum absolute atomic E-state index is 12.5. The van der Waals surface area contributed by atoms with Crippen LogP contribution in [0.15, 0.2) is 47.8 Å². The summed E-state index contributed by atoms with van der Waals surface area (Å²) in [5.41, 5.74) is 4.52. The molecule has 0 bridgehead atoms. The van der Waals surface area contributed by atoms with Crippen LogP contribution in [0.5, 0.6) is 0 Å². The van der Waals surface area contributed by atoms with E-state index in [2.05, 4.69) is 35.0 Å². The third-order valence-electron chi connectivity index (χ3n) is 4.65. The highest BCUT2D eigenvalue weighted by Gasteiger charge is 2.13. The van der Waals surface area contributed by atoms with Gasteiger partial charge in [0.2, 0.25) is 0 Å². The topological polar surface area (TPSA) is 85.8 Å². The number of aliphatic hydroxyl groups excluding tert-OH is 1. The number of benzene rings is 1. The molecule has 7 nitrogen and oxygen atoms in total. The Bertz CT molecular complexity index is 1160. The molecule has 132 valence electrons. The van der Waals surface area contributed by atoms with E-state index in [0.29, 0.717) is 17.4 Å². The van der Waals surface area contributed by atoms with Gasteiger partial charge in [0.05, 0.1) is 53.7 Å². The summed E-state index contributed by atoms with van der Waals surface area (Å²) < 4.78 is 3.18. The molecule has 0 saturated heterocycles. The molecule has 4 aromatic rings. The van der Waals surface area contributed by atoms with Crippen LogP contribution in [-0.2, 0) is 13.1 Å². The Morgan fingerprint density at radius 1 is 1.12 bits per heavy atom. The standard InChI is InChI=1S/C19H19N5O2/c1-12-6-16-18(7-13(12)2)23(11-21-16)9-14(25)10-24-19(26)15-4-3-5-20-17(15)8-22-24/h3-8,11,14,25H,9-10H2,1-2H3. The second-order valence-electron chi connectivity index (χ2n) is 6.54. The minimum Gasteiger partial charge on any atom is -0.389 e. The van der Waals surface area contributed by atoms with Crippen LogP contribution in [0, 0.1) is 13.8 Å². The average molecular weight is 349 g/mol. The van der Waals surface area contributed by atoms with Crippen molar-refractivity contribution in [2.24, 2.45) is 0 Å². The van der Waals surface area contributed by atoms with Gasteiger partial charge in [-0.3, -0.25) is 9.78 Å². The second kappa shape index (κ2) is 6.34. The lowest BCUT2D eigenvalue weighted by atomic mass is 10.1. The van der Waals surface area contributed by atoms with E-state index in [1.54, 1.807) is 30.9 Å². The van der Waals surface area contributed by atoms with E-state index in [-0.39, 0.29) is 12.1 Å². The number of rotatable bonds is 4. The van der Waals surface area contributed by atoms with Gasteiger partial charge < -0.3 is 9.67 Å². The van der Waals surface area contributed by atoms with E-state index >= 15 is 0 Å². The summed E-state index contributed by atoms with van der Waals surface area (Å²) in [6, 6.07) is 7.53. The first kappa shape index (κ1) is 16.4. The molecule has 0 radical (unpaired) electrons. The molecule has 1 N–H and O–H groups in total. The largest absolute Gasteiger partial charge is 0.389 e. The number of nitrogens with zero attached hydrogens (tertiary/aromatic N) is 5. The summed E-state index contributed by atoms with van der Waals surface area (Å²) in [6.07, 6.45) is 4.11. The molecule has 1 unspecified atom stereocenters. The van der Waals surface area contributed by atoms with Gasteiger partial charge in [-0.05, 0) is 49.2 Å². The number of fused-ring (bicyclic) bond motifs is 2. The number of pyridine rings is 1. The molecular weight excluding hydrogens is 330 g/mol. The van der Waals surface area contributed by atoms with Crippen LogP contribution in [0.2, 0.25) is 0 Å². The van der Waals surface area contributed by atoms with E-state index in [4.69, 9.17) is 0 Å². The van der Waals surface area contributed by atoms with Gasteiger partial charge in [-0.1, -0.05) is 0 Å². The monoisotopic (exact) mass is 349 g/mol. The van der Waals surface area contributed by atoms with Crippen molar-refractivity contribution in [2.75, 3.05) is 0 Å². The van der Waals surface area contributed by atoms with Gasteiger partial charge in [0, 0.05) is 6.20 Å². The van der Waals surface area contributed by atoms with Crippen LogP contribution < -0.4 is 5.56 Å². The predicted octanol–water partition coefficient (Wildman–Crippen LogP) is 1.82. The summed E-state index contributed by atoms with van der Waals surface area (Å²) in [7, 11) is 0. The smallest absolute Gasteiger partial charge is 0.276 e. The lowest BCUT2D eigenvalue weighted by molar-refractivity contribution is 0.129. The maximum Gasteiger partial charge on any atom is 0.276 e. The zero-order valence-electron chi connectivity index (χ0n) is 14.6. The van der Waals surface area contributed by atoms with Crippen LogP contribution in [0.1, 0.15) is 11.1 Å². The third-order valence-corrected chi connectivity index (χ3v) is 4.65. The molecule has 3 aromatic heterocycles. The van der Waals surface area contributed by atoms with Gasteiger partial charge in [0.25, 0.3) is 5.56 Å². The molecule has 0 amide bonds. The summed E-state index contributed by atoms with van der Waals surface area (Å²) in [4.78, 5) is 21.0. The number of hydrogen-bond donors (Lipinski definition) is 1. The molecule has 0 saturated carbocycles. The van der Waals surface area contributed by atoms with Crippen molar-refractivity contribution in [2.45, 2.75) is 33.0 Å². The predicted molar refractivity (Wildman–Crippen MR) is 99.0 cm³/mol. The van der Waals surface area contributed by atoms with Crippen molar-refractivity contribution in [3.8, 4) is 0 Å². The highest BCUT2D eigenvalue weighted by Crippen LogP contribution is 2.18. The van der Waals surface area contributed by atoms with Crippen molar-refractivity contribution in [3.05, 3.63) is 64.5 Å². The van der Waals surface area contributed by atoms with Crippen LogP contribution in [0.3, 0.4) is 0 Å². The summed E-state index contributed by atoms with van der Waals surface area (Å²) in [5, 5.41) is 15.1. The van der Waals surface area contributed by atoms with E-state index < -0.39 is 6.10 Å². The SMILES string of the molecule is Cc1cc2ncn(CC(O)Cn3ncc4ncccc4c3=O)c2cc1C. The van der Waals surface area contributed by atoms with E-state index in [9.17, 15) is 9.90 Å². The van der Waals surface area contributed by atoms with Crippen LogP contribution in [-0.4, -0.2) is 35.5 Å². The molecule has 1 atom stereocenters. The molecule has 0 spiro atoms. The molecule has 7 heteroatoms. The molecule has 0 aliphatic rings. The molecular formula is C19H19N5O2.